The van der Waals surface area contributed by atoms with Crippen LogP contribution in [-0.4, -0.2) is 18.7 Å². The molecule has 0 aliphatic rings. The maximum atomic E-state index is 6.27. The SMILES string of the molecule is CCC(N)(COC)c1nc(C(C)C)cs1. The quantitative estimate of drug-likeness (QED) is 0.842. The van der Waals surface area contributed by atoms with Crippen LogP contribution in [0.3, 0.4) is 0 Å². The Balaban J connectivity index is 2.92. The van der Waals surface area contributed by atoms with Crippen LogP contribution in [0, 0.1) is 0 Å². The third-order valence-electron chi connectivity index (χ3n) is 2.57. The molecule has 1 atom stereocenters. The normalized spacial score (nSPS) is 15.6. The smallest absolute Gasteiger partial charge is 0.115 e. The van der Waals surface area contributed by atoms with Crippen LogP contribution in [0.5, 0.6) is 0 Å². The van der Waals surface area contributed by atoms with Gasteiger partial charge in [0, 0.05) is 12.5 Å². The zero-order valence-electron chi connectivity index (χ0n) is 9.91. The minimum Gasteiger partial charge on any atom is -0.382 e. The third kappa shape index (κ3) is 2.77. The van der Waals surface area contributed by atoms with E-state index in [1.165, 1.54) is 0 Å². The van der Waals surface area contributed by atoms with Gasteiger partial charge in [-0.15, -0.1) is 11.3 Å². The number of hydrogen-bond donors (Lipinski definition) is 1. The van der Waals surface area contributed by atoms with Crippen molar-refractivity contribution in [3.8, 4) is 0 Å². The lowest BCUT2D eigenvalue weighted by molar-refractivity contribution is 0.129. The molecule has 1 unspecified atom stereocenters. The molecular formula is C11H20N2OS. The molecule has 15 heavy (non-hydrogen) atoms. The summed E-state index contributed by atoms with van der Waals surface area (Å²) in [7, 11) is 1.67. The highest BCUT2D eigenvalue weighted by atomic mass is 32.1. The summed E-state index contributed by atoms with van der Waals surface area (Å²) in [5.74, 6) is 0.457. The Labute approximate surface area is 95.7 Å². The van der Waals surface area contributed by atoms with E-state index < -0.39 is 5.54 Å². The molecule has 1 rings (SSSR count). The standard InChI is InChI=1S/C11H20N2OS/c1-5-11(12,7-14-4)10-13-9(6-15-10)8(2)3/h6,8H,5,7,12H2,1-4H3. The molecule has 0 spiro atoms. The van der Waals surface area contributed by atoms with E-state index in [1.807, 2.05) is 0 Å². The summed E-state index contributed by atoms with van der Waals surface area (Å²) in [5.41, 5.74) is 6.96. The lowest BCUT2D eigenvalue weighted by Crippen LogP contribution is -2.40. The number of thiazole rings is 1. The topological polar surface area (TPSA) is 48.1 Å². The monoisotopic (exact) mass is 228 g/mol. The van der Waals surface area contributed by atoms with Crippen molar-refractivity contribution < 1.29 is 4.74 Å². The number of nitrogens with zero attached hydrogens (tertiary/aromatic N) is 1. The first kappa shape index (κ1) is 12.6. The van der Waals surface area contributed by atoms with Crippen molar-refractivity contribution in [2.45, 2.75) is 38.6 Å². The van der Waals surface area contributed by atoms with Crippen molar-refractivity contribution in [2.75, 3.05) is 13.7 Å². The predicted molar refractivity (Wildman–Crippen MR) is 64.2 cm³/mol. The highest BCUT2D eigenvalue weighted by molar-refractivity contribution is 7.09. The summed E-state index contributed by atoms with van der Waals surface area (Å²) in [5, 5.41) is 3.07. The lowest BCUT2D eigenvalue weighted by atomic mass is 10.00. The third-order valence-corrected chi connectivity index (χ3v) is 3.65. The summed E-state index contributed by atoms with van der Waals surface area (Å²) < 4.78 is 5.16. The van der Waals surface area contributed by atoms with Gasteiger partial charge in [-0.25, -0.2) is 4.98 Å². The van der Waals surface area contributed by atoms with Gasteiger partial charge >= 0.3 is 0 Å². The van der Waals surface area contributed by atoms with Gasteiger partial charge < -0.3 is 10.5 Å². The van der Waals surface area contributed by atoms with Crippen LogP contribution in [0.1, 0.15) is 43.8 Å². The predicted octanol–water partition coefficient (Wildman–Crippen LogP) is 2.48. The molecule has 1 heterocycles. The number of hydrogen-bond acceptors (Lipinski definition) is 4. The highest BCUT2D eigenvalue weighted by Gasteiger charge is 2.29. The maximum Gasteiger partial charge on any atom is 0.115 e. The molecule has 0 radical (unpaired) electrons. The summed E-state index contributed by atoms with van der Waals surface area (Å²) in [4.78, 5) is 4.58. The number of methoxy groups -OCH3 is 1. The molecule has 0 fully saturated rings. The summed E-state index contributed by atoms with van der Waals surface area (Å²) >= 11 is 1.63. The van der Waals surface area contributed by atoms with E-state index in [0.29, 0.717) is 12.5 Å². The molecule has 0 aliphatic heterocycles. The minimum absolute atomic E-state index is 0.424. The van der Waals surface area contributed by atoms with Crippen molar-refractivity contribution in [2.24, 2.45) is 5.73 Å². The van der Waals surface area contributed by atoms with Crippen molar-refractivity contribution in [1.82, 2.24) is 4.98 Å². The second kappa shape index (κ2) is 5.05. The van der Waals surface area contributed by atoms with Gasteiger partial charge in [0.2, 0.25) is 0 Å². The average Bonchev–Trinajstić information content (AvgIpc) is 2.67. The van der Waals surface area contributed by atoms with E-state index in [4.69, 9.17) is 10.5 Å². The van der Waals surface area contributed by atoms with Gasteiger partial charge in [0.05, 0.1) is 17.8 Å². The van der Waals surface area contributed by atoms with Gasteiger partial charge in [0.1, 0.15) is 5.01 Å². The van der Waals surface area contributed by atoms with E-state index in [9.17, 15) is 0 Å². The van der Waals surface area contributed by atoms with Crippen molar-refractivity contribution in [3.05, 3.63) is 16.1 Å². The fourth-order valence-corrected chi connectivity index (χ4v) is 2.51. The molecule has 0 aliphatic carbocycles. The maximum absolute atomic E-state index is 6.27. The largest absolute Gasteiger partial charge is 0.382 e. The fourth-order valence-electron chi connectivity index (χ4n) is 1.35. The van der Waals surface area contributed by atoms with E-state index in [2.05, 4.69) is 31.1 Å². The van der Waals surface area contributed by atoms with Gasteiger partial charge in [-0.2, -0.15) is 0 Å². The lowest BCUT2D eigenvalue weighted by Gasteiger charge is -2.24. The second-order valence-corrected chi connectivity index (χ2v) is 5.03. The second-order valence-electron chi connectivity index (χ2n) is 4.17. The van der Waals surface area contributed by atoms with Crippen LogP contribution >= 0.6 is 11.3 Å². The Hall–Kier alpha value is -0.450. The first-order valence-electron chi connectivity index (χ1n) is 5.27. The number of ether oxygens (including phenoxy) is 1. The Bertz CT molecular complexity index is 311. The van der Waals surface area contributed by atoms with Crippen LogP contribution < -0.4 is 5.73 Å². The molecule has 0 saturated carbocycles. The minimum atomic E-state index is -0.424. The zero-order chi connectivity index (χ0) is 11.5. The molecule has 1 aromatic heterocycles. The van der Waals surface area contributed by atoms with E-state index in [-0.39, 0.29) is 0 Å². The van der Waals surface area contributed by atoms with Crippen molar-refractivity contribution in [1.29, 1.82) is 0 Å². The number of rotatable bonds is 5. The average molecular weight is 228 g/mol. The number of aromatic nitrogens is 1. The van der Waals surface area contributed by atoms with Gasteiger partial charge in [0.15, 0.2) is 0 Å². The van der Waals surface area contributed by atoms with E-state index in [0.717, 1.165) is 17.1 Å². The van der Waals surface area contributed by atoms with Gasteiger partial charge in [0.25, 0.3) is 0 Å². The Morgan fingerprint density at radius 2 is 2.27 bits per heavy atom. The van der Waals surface area contributed by atoms with Crippen LogP contribution in [0.2, 0.25) is 0 Å². The summed E-state index contributed by atoms with van der Waals surface area (Å²) in [6, 6.07) is 0. The first-order chi connectivity index (χ1) is 7.03. The molecule has 1 aromatic rings. The van der Waals surface area contributed by atoms with Gasteiger partial charge in [-0.3, -0.25) is 0 Å². The molecule has 4 heteroatoms. The molecule has 0 saturated heterocycles. The fraction of sp³-hybridized carbons (Fsp3) is 0.727. The summed E-state index contributed by atoms with van der Waals surface area (Å²) in [6.07, 6.45) is 0.839. The Morgan fingerprint density at radius 3 is 2.67 bits per heavy atom. The molecule has 3 nitrogen and oxygen atoms in total. The van der Waals surface area contributed by atoms with Gasteiger partial charge in [-0.05, 0) is 12.3 Å². The van der Waals surface area contributed by atoms with E-state index >= 15 is 0 Å². The Morgan fingerprint density at radius 1 is 1.60 bits per heavy atom. The summed E-state index contributed by atoms with van der Waals surface area (Å²) in [6.45, 7) is 6.86. The first-order valence-corrected chi connectivity index (χ1v) is 6.15. The molecule has 2 N–H and O–H groups in total. The van der Waals surface area contributed by atoms with Crippen LogP contribution in [0.25, 0.3) is 0 Å². The van der Waals surface area contributed by atoms with Crippen molar-refractivity contribution >= 4 is 11.3 Å². The van der Waals surface area contributed by atoms with Crippen LogP contribution in [0.4, 0.5) is 0 Å². The molecule has 0 bridgehead atoms. The van der Waals surface area contributed by atoms with Gasteiger partial charge in [-0.1, -0.05) is 20.8 Å². The number of nitrogens with two attached hydrogens (primary N) is 1. The highest BCUT2D eigenvalue weighted by Crippen LogP contribution is 2.28. The van der Waals surface area contributed by atoms with Crippen LogP contribution in [0.15, 0.2) is 5.38 Å². The molecule has 0 aromatic carbocycles. The van der Waals surface area contributed by atoms with Crippen molar-refractivity contribution in [3.63, 3.8) is 0 Å². The van der Waals surface area contributed by atoms with E-state index in [1.54, 1.807) is 18.4 Å². The Kier molecular flexibility index (Phi) is 4.25. The van der Waals surface area contributed by atoms with Crippen LogP contribution in [-0.2, 0) is 10.3 Å². The zero-order valence-corrected chi connectivity index (χ0v) is 10.7. The molecule has 0 amide bonds. The molecule has 86 valence electrons. The molecular weight excluding hydrogens is 208 g/mol.